The fraction of sp³-hybridized carbons (Fsp3) is 0.0952. The zero-order chi connectivity index (χ0) is 21.0. The first-order valence-electron chi connectivity index (χ1n) is 8.70. The summed E-state index contributed by atoms with van der Waals surface area (Å²) in [5.41, 5.74) is 1.04. The predicted molar refractivity (Wildman–Crippen MR) is 111 cm³/mol. The van der Waals surface area contributed by atoms with Gasteiger partial charge in [0.15, 0.2) is 0 Å². The first-order chi connectivity index (χ1) is 13.8. The zero-order valence-electron chi connectivity index (χ0n) is 15.4. The van der Waals surface area contributed by atoms with Crippen molar-refractivity contribution in [2.24, 2.45) is 0 Å². The van der Waals surface area contributed by atoms with Crippen LogP contribution in [-0.4, -0.2) is 14.3 Å². The number of carbonyl (C=O) groups is 1. The number of hydrogen-bond donors (Lipinski definition) is 2. The normalized spacial score (nSPS) is 12.2. The molecule has 0 saturated heterocycles. The molecule has 0 spiro atoms. The highest BCUT2D eigenvalue weighted by molar-refractivity contribution is 7.92. The lowest BCUT2D eigenvalue weighted by molar-refractivity contribution is 0.0940. The quantitative estimate of drug-likeness (QED) is 0.589. The van der Waals surface area contributed by atoms with Gasteiger partial charge in [0.2, 0.25) is 0 Å². The molecule has 0 radical (unpaired) electrons. The molecule has 2 N–H and O–H groups in total. The molecule has 0 aliphatic rings. The molecule has 0 aliphatic heterocycles. The van der Waals surface area contributed by atoms with Crippen molar-refractivity contribution in [2.75, 3.05) is 4.72 Å². The van der Waals surface area contributed by atoms with Crippen molar-refractivity contribution in [1.29, 1.82) is 0 Å². The minimum absolute atomic E-state index is 0.103. The molecule has 5 nitrogen and oxygen atoms in total. The summed E-state index contributed by atoms with van der Waals surface area (Å²) in [5, 5.41) is 2.95. The smallest absolute Gasteiger partial charge is 0.261 e. The van der Waals surface area contributed by atoms with Gasteiger partial charge in [0.05, 0.1) is 21.5 Å². The minimum atomic E-state index is -3.80. The van der Waals surface area contributed by atoms with Crippen LogP contribution in [0.1, 0.15) is 28.9 Å². The maximum Gasteiger partial charge on any atom is 0.261 e. The van der Waals surface area contributed by atoms with Crippen LogP contribution in [0.25, 0.3) is 0 Å². The number of halogens is 2. The molecule has 1 unspecified atom stereocenters. The highest BCUT2D eigenvalue weighted by Gasteiger charge is 2.18. The fourth-order valence-corrected chi connectivity index (χ4v) is 3.96. The molecule has 0 aliphatic carbocycles. The van der Waals surface area contributed by atoms with Gasteiger partial charge in [-0.15, -0.1) is 0 Å². The Bertz CT molecular complexity index is 1120. The van der Waals surface area contributed by atoms with Crippen LogP contribution in [0.5, 0.6) is 0 Å². The molecular weight excluding hydrogens is 415 g/mol. The molecule has 0 aromatic heterocycles. The summed E-state index contributed by atoms with van der Waals surface area (Å²) in [6, 6.07) is 17.5. The maximum absolute atomic E-state index is 13.1. The molecular formula is C21H18ClFN2O3S. The van der Waals surface area contributed by atoms with Gasteiger partial charge in [-0.3, -0.25) is 9.52 Å². The molecule has 1 amide bonds. The van der Waals surface area contributed by atoms with Crippen molar-refractivity contribution >= 4 is 33.2 Å². The molecule has 1 atom stereocenters. The number of carbonyl (C=O) groups excluding carboxylic acids is 1. The average Bonchev–Trinajstić information content (AvgIpc) is 2.70. The van der Waals surface area contributed by atoms with E-state index in [1.807, 2.05) is 0 Å². The second kappa shape index (κ2) is 8.63. The van der Waals surface area contributed by atoms with E-state index >= 15 is 0 Å². The average molecular weight is 433 g/mol. The van der Waals surface area contributed by atoms with Crippen LogP contribution in [0.4, 0.5) is 10.1 Å². The first kappa shape index (κ1) is 20.8. The maximum atomic E-state index is 13.1. The van der Waals surface area contributed by atoms with Crippen LogP contribution in [0.3, 0.4) is 0 Å². The van der Waals surface area contributed by atoms with E-state index in [1.165, 1.54) is 42.5 Å². The van der Waals surface area contributed by atoms with Crippen molar-refractivity contribution in [3.8, 4) is 0 Å². The Labute approximate surface area is 173 Å². The second-order valence-electron chi connectivity index (χ2n) is 6.36. The van der Waals surface area contributed by atoms with Gasteiger partial charge >= 0.3 is 0 Å². The van der Waals surface area contributed by atoms with E-state index in [-0.39, 0.29) is 27.0 Å². The van der Waals surface area contributed by atoms with Crippen LogP contribution >= 0.6 is 11.6 Å². The summed E-state index contributed by atoms with van der Waals surface area (Å²) < 4.78 is 40.5. The molecule has 8 heteroatoms. The third kappa shape index (κ3) is 5.13. The van der Waals surface area contributed by atoms with Crippen molar-refractivity contribution < 1.29 is 17.6 Å². The summed E-state index contributed by atoms with van der Waals surface area (Å²) in [7, 11) is -3.80. The van der Waals surface area contributed by atoms with Crippen molar-refractivity contribution in [1.82, 2.24) is 5.32 Å². The summed E-state index contributed by atoms with van der Waals surface area (Å²) in [6.07, 6.45) is 0. The molecule has 150 valence electrons. The van der Waals surface area contributed by atoms with E-state index in [0.717, 1.165) is 5.56 Å². The van der Waals surface area contributed by atoms with Crippen molar-refractivity contribution in [2.45, 2.75) is 17.9 Å². The Balaban J connectivity index is 1.79. The number of amides is 1. The van der Waals surface area contributed by atoms with Gasteiger partial charge in [-0.1, -0.05) is 41.9 Å². The minimum Gasteiger partial charge on any atom is -0.345 e. The van der Waals surface area contributed by atoms with E-state index in [0.29, 0.717) is 0 Å². The van der Waals surface area contributed by atoms with Gasteiger partial charge < -0.3 is 5.32 Å². The van der Waals surface area contributed by atoms with E-state index in [1.54, 1.807) is 37.3 Å². The Morgan fingerprint density at radius 2 is 1.66 bits per heavy atom. The SMILES string of the molecule is CC(NC(=O)c1cc(NS(=O)(=O)c2ccccc2)ccc1Cl)c1ccc(F)cc1. The fourth-order valence-electron chi connectivity index (χ4n) is 2.69. The summed E-state index contributed by atoms with van der Waals surface area (Å²) in [4.78, 5) is 12.8. The summed E-state index contributed by atoms with van der Waals surface area (Å²) >= 11 is 6.14. The Morgan fingerprint density at radius 1 is 1.00 bits per heavy atom. The van der Waals surface area contributed by atoms with Crippen molar-refractivity contribution in [3.05, 3.63) is 94.8 Å². The molecule has 3 aromatic carbocycles. The standard InChI is InChI=1S/C21H18ClFN2O3S/c1-14(15-7-9-16(23)10-8-15)24-21(26)19-13-17(11-12-20(19)22)25-29(27,28)18-5-3-2-4-6-18/h2-14,25H,1H3,(H,24,26). The zero-order valence-corrected chi connectivity index (χ0v) is 17.0. The highest BCUT2D eigenvalue weighted by Crippen LogP contribution is 2.24. The number of nitrogens with one attached hydrogen (secondary N) is 2. The number of sulfonamides is 1. The summed E-state index contributed by atoms with van der Waals surface area (Å²) in [5.74, 6) is -0.846. The lowest BCUT2D eigenvalue weighted by Crippen LogP contribution is -2.27. The monoisotopic (exact) mass is 432 g/mol. The van der Waals surface area contributed by atoms with Crippen molar-refractivity contribution in [3.63, 3.8) is 0 Å². The van der Waals surface area contributed by atoms with Crippen LogP contribution in [-0.2, 0) is 10.0 Å². The Morgan fingerprint density at radius 3 is 2.31 bits per heavy atom. The van der Waals surface area contributed by atoms with Crippen LogP contribution in [0.2, 0.25) is 5.02 Å². The number of rotatable bonds is 6. The largest absolute Gasteiger partial charge is 0.345 e. The van der Waals surface area contributed by atoms with Gasteiger partial charge in [-0.2, -0.15) is 0 Å². The van der Waals surface area contributed by atoms with Crippen LogP contribution < -0.4 is 10.0 Å². The topological polar surface area (TPSA) is 75.3 Å². The molecule has 3 aromatic rings. The number of benzene rings is 3. The Hall–Kier alpha value is -2.90. The molecule has 0 heterocycles. The number of hydrogen-bond acceptors (Lipinski definition) is 3. The Kier molecular flexibility index (Phi) is 6.20. The molecule has 0 saturated carbocycles. The first-order valence-corrected chi connectivity index (χ1v) is 10.6. The van der Waals surface area contributed by atoms with Gasteiger partial charge in [0.25, 0.3) is 15.9 Å². The van der Waals surface area contributed by atoms with Gasteiger partial charge in [-0.05, 0) is 55.0 Å². The summed E-state index contributed by atoms with van der Waals surface area (Å²) in [6.45, 7) is 1.75. The third-order valence-electron chi connectivity index (χ3n) is 4.23. The van der Waals surface area contributed by atoms with Crippen LogP contribution in [0.15, 0.2) is 77.7 Å². The molecule has 0 bridgehead atoms. The third-order valence-corrected chi connectivity index (χ3v) is 5.96. The lowest BCUT2D eigenvalue weighted by Gasteiger charge is -2.16. The van der Waals surface area contributed by atoms with Crippen LogP contribution in [0, 0.1) is 5.82 Å². The predicted octanol–water partition coefficient (Wildman–Crippen LogP) is 4.77. The van der Waals surface area contributed by atoms with E-state index in [4.69, 9.17) is 11.6 Å². The second-order valence-corrected chi connectivity index (χ2v) is 8.45. The van der Waals surface area contributed by atoms with E-state index < -0.39 is 22.0 Å². The van der Waals surface area contributed by atoms with Gasteiger partial charge in [-0.25, -0.2) is 12.8 Å². The highest BCUT2D eigenvalue weighted by atomic mass is 35.5. The van der Waals surface area contributed by atoms with Gasteiger partial charge in [0.1, 0.15) is 5.82 Å². The van der Waals surface area contributed by atoms with E-state index in [2.05, 4.69) is 10.0 Å². The molecule has 3 rings (SSSR count). The lowest BCUT2D eigenvalue weighted by atomic mass is 10.1. The molecule has 29 heavy (non-hydrogen) atoms. The van der Waals surface area contributed by atoms with Gasteiger partial charge in [0, 0.05) is 5.69 Å². The molecule has 0 fully saturated rings. The van der Waals surface area contributed by atoms with E-state index in [9.17, 15) is 17.6 Å². The number of anilines is 1.